The van der Waals surface area contributed by atoms with Gasteiger partial charge in [-0.3, -0.25) is 9.69 Å². The molecule has 1 fully saturated rings. The maximum Gasteiger partial charge on any atom is 0.253 e. The fraction of sp³-hybridized carbons (Fsp3) is 0.261. The van der Waals surface area contributed by atoms with E-state index in [9.17, 15) is 4.79 Å². The van der Waals surface area contributed by atoms with Crippen LogP contribution in [-0.2, 0) is 13.1 Å². The van der Waals surface area contributed by atoms with E-state index < -0.39 is 0 Å². The second-order valence-corrected chi connectivity index (χ2v) is 8.61. The summed E-state index contributed by atoms with van der Waals surface area (Å²) in [6.45, 7) is 5.00. The summed E-state index contributed by atoms with van der Waals surface area (Å²) in [6, 6.07) is 20.1. The molecule has 4 aromatic rings. The number of piperazine rings is 1. The predicted molar refractivity (Wildman–Crippen MR) is 119 cm³/mol. The van der Waals surface area contributed by atoms with Crippen molar-refractivity contribution in [2.45, 2.75) is 13.1 Å². The van der Waals surface area contributed by atoms with E-state index in [0.29, 0.717) is 6.54 Å². The summed E-state index contributed by atoms with van der Waals surface area (Å²) >= 11 is 1.79. The molecule has 2 aromatic heterocycles. The maximum atomic E-state index is 12.9. The lowest BCUT2D eigenvalue weighted by Gasteiger charge is -2.34. The second kappa shape index (κ2) is 8.38. The first-order valence-electron chi connectivity index (χ1n) is 10.2. The Bertz CT molecular complexity index is 1130. The molecule has 1 amide bonds. The lowest BCUT2D eigenvalue weighted by molar-refractivity contribution is 0.0629. The van der Waals surface area contributed by atoms with Gasteiger partial charge in [0.2, 0.25) is 0 Å². The molecule has 6 nitrogen and oxygen atoms in total. The van der Waals surface area contributed by atoms with Crippen molar-refractivity contribution >= 4 is 28.3 Å². The number of benzene rings is 2. The number of thiophene rings is 1. The zero-order valence-electron chi connectivity index (χ0n) is 16.6. The standard InChI is InChI=1S/C23H23N5OS/c29-23(27-13-11-26(12-14-27)17-20-4-3-15-30-20)19-9-7-18(8-10-19)16-28-22-6-2-1-5-21(22)24-25-28/h1-10,15H,11-14,16-17H2. The van der Waals surface area contributed by atoms with Crippen molar-refractivity contribution in [3.63, 3.8) is 0 Å². The van der Waals surface area contributed by atoms with Crippen LogP contribution < -0.4 is 0 Å². The zero-order chi connectivity index (χ0) is 20.3. The van der Waals surface area contributed by atoms with Gasteiger partial charge in [0, 0.05) is 43.2 Å². The average Bonchev–Trinajstić information content (AvgIpc) is 3.45. The van der Waals surface area contributed by atoms with Crippen molar-refractivity contribution in [1.82, 2.24) is 24.8 Å². The number of carbonyl (C=O) groups excluding carboxylic acids is 1. The van der Waals surface area contributed by atoms with Crippen LogP contribution in [0.25, 0.3) is 11.0 Å². The summed E-state index contributed by atoms with van der Waals surface area (Å²) in [5.41, 5.74) is 3.75. The lowest BCUT2D eigenvalue weighted by atomic mass is 10.1. The largest absolute Gasteiger partial charge is 0.336 e. The van der Waals surface area contributed by atoms with Gasteiger partial charge in [-0.1, -0.05) is 35.5 Å². The molecule has 1 aliphatic heterocycles. The van der Waals surface area contributed by atoms with E-state index in [1.165, 1.54) is 4.88 Å². The molecule has 0 atom stereocenters. The van der Waals surface area contributed by atoms with E-state index in [4.69, 9.17) is 0 Å². The zero-order valence-corrected chi connectivity index (χ0v) is 17.5. The fourth-order valence-corrected chi connectivity index (χ4v) is 4.62. The van der Waals surface area contributed by atoms with Gasteiger partial charge in [-0.2, -0.15) is 0 Å². The van der Waals surface area contributed by atoms with Crippen LogP contribution in [0.5, 0.6) is 0 Å². The molecule has 0 bridgehead atoms. The van der Waals surface area contributed by atoms with Crippen molar-refractivity contribution in [1.29, 1.82) is 0 Å². The molecule has 0 radical (unpaired) electrons. The van der Waals surface area contributed by atoms with Crippen molar-refractivity contribution in [3.05, 3.63) is 82.0 Å². The quantitative estimate of drug-likeness (QED) is 0.499. The minimum absolute atomic E-state index is 0.114. The Kier molecular flexibility index (Phi) is 5.29. The fourth-order valence-electron chi connectivity index (χ4n) is 3.87. The molecule has 7 heteroatoms. The Morgan fingerprint density at radius 1 is 0.900 bits per heavy atom. The van der Waals surface area contributed by atoms with E-state index in [2.05, 4.69) is 32.7 Å². The van der Waals surface area contributed by atoms with Gasteiger partial charge in [-0.05, 0) is 41.3 Å². The van der Waals surface area contributed by atoms with Gasteiger partial charge in [0.1, 0.15) is 5.52 Å². The lowest BCUT2D eigenvalue weighted by Crippen LogP contribution is -2.48. The van der Waals surface area contributed by atoms with Crippen molar-refractivity contribution in [2.75, 3.05) is 26.2 Å². The van der Waals surface area contributed by atoms with Crippen LogP contribution in [0.2, 0.25) is 0 Å². The molecular weight excluding hydrogens is 394 g/mol. The molecular formula is C23H23N5OS. The van der Waals surface area contributed by atoms with Crippen LogP contribution in [0, 0.1) is 0 Å². The summed E-state index contributed by atoms with van der Waals surface area (Å²) in [6.07, 6.45) is 0. The predicted octanol–water partition coefficient (Wildman–Crippen LogP) is 3.50. The Hall–Kier alpha value is -3.03. The summed E-state index contributed by atoms with van der Waals surface area (Å²) in [5.74, 6) is 0.114. The number of carbonyl (C=O) groups is 1. The molecule has 30 heavy (non-hydrogen) atoms. The third-order valence-corrected chi connectivity index (χ3v) is 6.43. The van der Waals surface area contributed by atoms with Gasteiger partial charge in [0.25, 0.3) is 5.91 Å². The van der Waals surface area contributed by atoms with E-state index in [1.807, 2.05) is 58.1 Å². The topological polar surface area (TPSA) is 54.3 Å². The summed E-state index contributed by atoms with van der Waals surface area (Å²) < 4.78 is 1.89. The average molecular weight is 418 g/mol. The molecule has 0 saturated carbocycles. The van der Waals surface area contributed by atoms with Crippen LogP contribution in [-0.4, -0.2) is 56.9 Å². The van der Waals surface area contributed by atoms with Crippen LogP contribution in [0.3, 0.4) is 0 Å². The molecule has 1 saturated heterocycles. The molecule has 152 valence electrons. The van der Waals surface area contributed by atoms with Gasteiger partial charge in [-0.15, -0.1) is 16.4 Å². The molecule has 0 aliphatic carbocycles. The minimum atomic E-state index is 0.114. The Balaban J connectivity index is 1.20. The molecule has 2 aromatic carbocycles. The second-order valence-electron chi connectivity index (χ2n) is 7.58. The smallest absolute Gasteiger partial charge is 0.253 e. The number of nitrogens with zero attached hydrogens (tertiary/aromatic N) is 5. The molecule has 0 spiro atoms. The van der Waals surface area contributed by atoms with Crippen molar-refractivity contribution < 1.29 is 4.79 Å². The molecule has 0 unspecified atom stereocenters. The first-order valence-corrected chi connectivity index (χ1v) is 11.1. The van der Waals surface area contributed by atoms with E-state index in [-0.39, 0.29) is 5.91 Å². The maximum absolute atomic E-state index is 12.9. The third kappa shape index (κ3) is 3.99. The summed E-state index contributed by atoms with van der Waals surface area (Å²) in [5, 5.41) is 10.6. The van der Waals surface area contributed by atoms with Gasteiger partial charge in [-0.25, -0.2) is 4.68 Å². The number of fused-ring (bicyclic) bond motifs is 1. The van der Waals surface area contributed by atoms with Crippen LogP contribution in [0.15, 0.2) is 66.0 Å². The van der Waals surface area contributed by atoms with E-state index >= 15 is 0 Å². The number of para-hydroxylation sites is 1. The number of hydrogen-bond acceptors (Lipinski definition) is 5. The highest BCUT2D eigenvalue weighted by atomic mass is 32.1. The van der Waals surface area contributed by atoms with Gasteiger partial charge < -0.3 is 4.90 Å². The third-order valence-electron chi connectivity index (χ3n) is 5.57. The van der Waals surface area contributed by atoms with Crippen molar-refractivity contribution in [3.8, 4) is 0 Å². The van der Waals surface area contributed by atoms with E-state index in [0.717, 1.165) is 54.9 Å². The monoisotopic (exact) mass is 417 g/mol. The van der Waals surface area contributed by atoms with E-state index in [1.54, 1.807) is 11.3 Å². The van der Waals surface area contributed by atoms with Crippen LogP contribution in [0.1, 0.15) is 20.8 Å². The minimum Gasteiger partial charge on any atom is -0.336 e. The summed E-state index contributed by atoms with van der Waals surface area (Å²) in [4.78, 5) is 18.7. The normalized spacial score (nSPS) is 15.0. The Morgan fingerprint density at radius 2 is 1.70 bits per heavy atom. The highest BCUT2D eigenvalue weighted by molar-refractivity contribution is 7.09. The molecule has 0 N–H and O–H groups in total. The number of hydrogen-bond donors (Lipinski definition) is 0. The Labute approximate surface area is 179 Å². The highest BCUT2D eigenvalue weighted by Crippen LogP contribution is 2.16. The van der Waals surface area contributed by atoms with Crippen molar-refractivity contribution in [2.24, 2.45) is 0 Å². The molecule has 3 heterocycles. The molecule has 1 aliphatic rings. The number of amides is 1. The number of rotatable bonds is 5. The summed E-state index contributed by atoms with van der Waals surface area (Å²) in [7, 11) is 0. The molecule has 5 rings (SSSR count). The highest BCUT2D eigenvalue weighted by Gasteiger charge is 2.22. The SMILES string of the molecule is O=C(c1ccc(Cn2nnc3ccccc32)cc1)N1CCN(Cc2cccs2)CC1. The van der Waals surface area contributed by atoms with Crippen LogP contribution in [0.4, 0.5) is 0 Å². The van der Waals surface area contributed by atoms with Gasteiger partial charge in [0.05, 0.1) is 12.1 Å². The van der Waals surface area contributed by atoms with Gasteiger partial charge >= 0.3 is 0 Å². The number of aromatic nitrogens is 3. The van der Waals surface area contributed by atoms with Crippen LogP contribution >= 0.6 is 11.3 Å². The first-order chi connectivity index (χ1) is 14.8. The first kappa shape index (κ1) is 19.0. The van der Waals surface area contributed by atoms with Gasteiger partial charge in [0.15, 0.2) is 0 Å². The Morgan fingerprint density at radius 3 is 2.47 bits per heavy atom.